The van der Waals surface area contributed by atoms with E-state index < -0.39 is 11.9 Å². The number of amides is 3. The molecule has 1 heterocycles. The van der Waals surface area contributed by atoms with Crippen molar-refractivity contribution in [1.82, 2.24) is 14.7 Å². The Bertz CT molecular complexity index is 398. The summed E-state index contributed by atoms with van der Waals surface area (Å²) in [7, 11) is 3.30. The lowest BCUT2D eigenvalue weighted by atomic mass is 9.98. The fourth-order valence-electron chi connectivity index (χ4n) is 2.37. The Morgan fingerprint density at radius 1 is 1.29 bits per heavy atom. The van der Waals surface area contributed by atoms with E-state index >= 15 is 0 Å². The second kappa shape index (κ2) is 7.85. The highest BCUT2D eigenvalue weighted by molar-refractivity contribution is 5.84. The Kier molecular flexibility index (Phi) is 6.45. The summed E-state index contributed by atoms with van der Waals surface area (Å²) in [5.41, 5.74) is 0. The van der Waals surface area contributed by atoms with Gasteiger partial charge in [0.15, 0.2) is 0 Å². The average Bonchev–Trinajstić information content (AvgIpc) is 2.45. The van der Waals surface area contributed by atoms with Crippen molar-refractivity contribution in [3.63, 3.8) is 0 Å². The molecule has 7 heteroatoms. The molecule has 0 bridgehead atoms. The van der Waals surface area contributed by atoms with Gasteiger partial charge in [-0.2, -0.15) is 0 Å². The van der Waals surface area contributed by atoms with Crippen LogP contribution in [0.15, 0.2) is 0 Å². The van der Waals surface area contributed by atoms with Crippen LogP contribution in [0.3, 0.4) is 0 Å². The highest BCUT2D eigenvalue weighted by Gasteiger charge is 2.31. The van der Waals surface area contributed by atoms with Gasteiger partial charge in [-0.1, -0.05) is 6.92 Å². The van der Waals surface area contributed by atoms with E-state index in [0.29, 0.717) is 25.9 Å². The van der Waals surface area contributed by atoms with Crippen molar-refractivity contribution in [2.75, 3.05) is 40.3 Å². The van der Waals surface area contributed by atoms with Crippen molar-refractivity contribution in [2.45, 2.75) is 26.2 Å². The molecule has 0 aliphatic carbocycles. The molecule has 1 atom stereocenters. The van der Waals surface area contributed by atoms with E-state index in [1.54, 1.807) is 19.0 Å². The van der Waals surface area contributed by atoms with E-state index in [1.165, 1.54) is 9.80 Å². The minimum absolute atomic E-state index is 0.0356. The van der Waals surface area contributed by atoms with Crippen molar-refractivity contribution in [2.24, 2.45) is 5.92 Å². The summed E-state index contributed by atoms with van der Waals surface area (Å²) in [5, 5.41) is 9.09. The van der Waals surface area contributed by atoms with Crippen LogP contribution in [0, 0.1) is 5.92 Å². The largest absolute Gasteiger partial charge is 0.481 e. The third kappa shape index (κ3) is 4.91. The molecule has 0 aromatic heterocycles. The summed E-state index contributed by atoms with van der Waals surface area (Å²) in [4.78, 5) is 39.9. The number of nitrogens with zero attached hydrogens (tertiary/aromatic N) is 3. The molecule has 120 valence electrons. The summed E-state index contributed by atoms with van der Waals surface area (Å²) in [5.74, 6) is -1.50. The first-order valence-corrected chi connectivity index (χ1v) is 7.33. The molecule has 1 fully saturated rings. The van der Waals surface area contributed by atoms with E-state index in [0.717, 1.165) is 6.42 Å². The van der Waals surface area contributed by atoms with Gasteiger partial charge in [0.1, 0.15) is 6.54 Å². The number of hydrogen-bond donors (Lipinski definition) is 1. The molecule has 1 aliphatic heterocycles. The van der Waals surface area contributed by atoms with Gasteiger partial charge in [0.2, 0.25) is 5.91 Å². The van der Waals surface area contributed by atoms with Gasteiger partial charge in [-0.05, 0) is 19.3 Å². The van der Waals surface area contributed by atoms with Crippen molar-refractivity contribution in [3.8, 4) is 0 Å². The number of carboxylic acid groups (broad SMARTS) is 1. The quantitative estimate of drug-likeness (QED) is 0.810. The van der Waals surface area contributed by atoms with E-state index in [9.17, 15) is 14.4 Å². The highest BCUT2D eigenvalue weighted by Crippen LogP contribution is 2.18. The molecule has 0 radical (unpaired) electrons. The first-order valence-electron chi connectivity index (χ1n) is 7.33. The molecule has 0 saturated carbocycles. The SMILES string of the molecule is CCCN(CC(=O)N(C)C)C(=O)N1CCC[C@@H](C(=O)O)C1. The van der Waals surface area contributed by atoms with Gasteiger partial charge in [0.25, 0.3) is 0 Å². The van der Waals surface area contributed by atoms with Crippen molar-refractivity contribution in [3.05, 3.63) is 0 Å². The predicted molar refractivity (Wildman–Crippen MR) is 77.9 cm³/mol. The number of carbonyl (C=O) groups is 3. The van der Waals surface area contributed by atoms with Crippen LogP contribution in [0.4, 0.5) is 4.79 Å². The number of urea groups is 1. The lowest BCUT2D eigenvalue weighted by Crippen LogP contribution is -2.51. The normalized spacial score (nSPS) is 18.2. The van der Waals surface area contributed by atoms with Crippen molar-refractivity contribution >= 4 is 17.9 Å². The van der Waals surface area contributed by atoms with Gasteiger partial charge in [0.05, 0.1) is 5.92 Å². The summed E-state index contributed by atoms with van der Waals surface area (Å²) in [6, 6.07) is -0.238. The number of likely N-dealkylation sites (N-methyl/N-ethyl adjacent to an activating group) is 1. The zero-order chi connectivity index (χ0) is 16.0. The molecule has 0 spiro atoms. The highest BCUT2D eigenvalue weighted by atomic mass is 16.4. The van der Waals surface area contributed by atoms with Gasteiger partial charge in [-0.3, -0.25) is 9.59 Å². The average molecular weight is 299 g/mol. The maximum atomic E-state index is 12.5. The van der Waals surface area contributed by atoms with Gasteiger partial charge in [0, 0.05) is 33.7 Å². The second-order valence-corrected chi connectivity index (χ2v) is 5.62. The van der Waals surface area contributed by atoms with Crippen LogP contribution in [0.2, 0.25) is 0 Å². The smallest absolute Gasteiger partial charge is 0.320 e. The Morgan fingerprint density at radius 2 is 1.95 bits per heavy atom. The molecular formula is C14H25N3O4. The molecule has 3 amide bonds. The maximum Gasteiger partial charge on any atom is 0.320 e. The van der Waals surface area contributed by atoms with Crippen molar-refractivity contribution < 1.29 is 19.5 Å². The molecule has 0 aromatic rings. The summed E-state index contributed by atoms with van der Waals surface area (Å²) < 4.78 is 0. The molecule has 0 unspecified atom stereocenters. The Balaban J connectivity index is 2.71. The minimum Gasteiger partial charge on any atom is -0.481 e. The van der Waals surface area contributed by atoms with Gasteiger partial charge in [-0.15, -0.1) is 0 Å². The number of carbonyl (C=O) groups excluding carboxylic acids is 2. The van der Waals surface area contributed by atoms with E-state index in [-0.39, 0.29) is 25.0 Å². The van der Waals surface area contributed by atoms with Crippen LogP contribution < -0.4 is 0 Å². The van der Waals surface area contributed by atoms with Gasteiger partial charge >= 0.3 is 12.0 Å². The minimum atomic E-state index is -0.862. The molecule has 21 heavy (non-hydrogen) atoms. The Hall–Kier alpha value is -1.79. The first kappa shape index (κ1) is 17.3. The van der Waals surface area contributed by atoms with Crippen LogP contribution in [0.5, 0.6) is 0 Å². The number of aliphatic carboxylic acids is 1. The molecule has 1 saturated heterocycles. The molecule has 1 N–H and O–H groups in total. The van der Waals surface area contributed by atoms with Crippen LogP contribution in [0.1, 0.15) is 26.2 Å². The van der Waals surface area contributed by atoms with Crippen LogP contribution in [0.25, 0.3) is 0 Å². The second-order valence-electron chi connectivity index (χ2n) is 5.62. The molecular weight excluding hydrogens is 274 g/mol. The number of rotatable bonds is 5. The summed E-state index contributed by atoms with van der Waals surface area (Å²) in [6.07, 6.45) is 2.04. The fraction of sp³-hybridized carbons (Fsp3) is 0.786. The lowest BCUT2D eigenvalue weighted by Gasteiger charge is -2.35. The third-order valence-electron chi connectivity index (χ3n) is 3.63. The standard InChI is InChI=1S/C14H25N3O4/c1-4-7-16(10-12(18)15(2)3)14(21)17-8-5-6-11(9-17)13(19)20/h11H,4-10H2,1-3H3,(H,19,20)/t11-/m1/s1. The zero-order valence-corrected chi connectivity index (χ0v) is 13.0. The van der Waals surface area contributed by atoms with Gasteiger partial charge in [-0.25, -0.2) is 4.79 Å². The molecule has 7 nitrogen and oxygen atoms in total. The topological polar surface area (TPSA) is 81.2 Å². The molecule has 1 rings (SSSR count). The monoisotopic (exact) mass is 299 g/mol. The van der Waals surface area contributed by atoms with Crippen LogP contribution >= 0.6 is 0 Å². The van der Waals surface area contributed by atoms with E-state index in [1.807, 2.05) is 6.92 Å². The predicted octanol–water partition coefficient (Wildman–Crippen LogP) is 0.703. The van der Waals surface area contributed by atoms with Gasteiger partial charge < -0.3 is 19.8 Å². The Morgan fingerprint density at radius 3 is 2.48 bits per heavy atom. The zero-order valence-electron chi connectivity index (χ0n) is 13.0. The van der Waals surface area contributed by atoms with Crippen molar-refractivity contribution in [1.29, 1.82) is 0 Å². The molecule has 0 aromatic carbocycles. The van der Waals surface area contributed by atoms with Crippen LogP contribution in [-0.2, 0) is 9.59 Å². The fourth-order valence-corrected chi connectivity index (χ4v) is 2.37. The summed E-state index contributed by atoms with van der Waals surface area (Å²) >= 11 is 0. The molecule has 1 aliphatic rings. The van der Waals surface area contributed by atoms with E-state index in [4.69, 9.17) is 5.11 Å². The number of piperidine rings is 1. The third-order valence-corrected chi connectivity index (χ3v) is 3.63. The van der Waals surface area contributed by atoms with E-state index in [2.05, 4.69) is 0 Å². The number of likely N-dealkylation sites (tertiary alicyclic amines) is 1. The van der Waals surface area contributed by atoms with Crippen LogP contribution in [-0.4, -0.2) is 78.0 Å². The number of hydrogen-bond acceptors (Lipinski definition) is 3. The Labute approximate surface area is 125 Å². The maximum absolute atomic E-state index is 12.5. The lowest BCUT2D eigenvalue weighted by molar-refractivity contribution is -0.143. The first-order chi connectivity index (χ1) is 9.86. The number of carboxylic acids is 1. The summed E-state index contributed by atoms with van der Waals surface area (Å²) in [6.45, 7) is 3.25.